The van der Waals surface area contributed by atoms with Gasteiger partial charge < -0.3 is 9.47 Å². The summed E-state index contributed by atoms with van der Waals surface area (Å²) in [6, 6.07) is 7.99. The molecular weight excluding hydrogens is 228 g/mol. The lowest BCUT2D eigenvalue weighted by Crippen LogP contribution is -2.41. The number of nitrogens with two attached hydrogens (primary N) is 1. The third kappa shape index (κ3) is 2.31. The number of amides is 2. The van der Waals surface area contributed by atoms with Crippen LogP contribution >= 0.6 is 0 Å². The molecule has 1 aromatic heterocycles. The molecule has 2 aromatic rings. The van der Waals surface area contributed by atoms with E-state index in [1.165, 1.54) is 16.5 Å². The van der Waals surface area contributed by atoms with Crippen LogP contribution in [0.1, 0.15) is 5.56 Å². The number of hydrazine groups is 1. The summed E-state index contributed by atoms with van der Waals surface area (Å²) >= 11 is 0. The molecule has 5 heteroatoms. The Hall–Kier alpha value is -2.01. The molecule has 5 nitrogen and oxygen atoms in total. The van der Waals surface area contributed by atoms with E-state index in [9.17, 15) is 4.79 Å². The molecule has 1 heterocycles. The van der Waals surface area contributed by atoms with Gasteiger partial charge in [-0.05, 0) is 18.1 Å². The van der Waals surface area contributed by atoms with Crippen molar-refractivity contribution in [1.29, 1.82) is 0 Å². The molecule has 0 aliphatic carbocycles. The predicted octanol–water partition coefficient (Wildman–Crippen LogP) is 1.24. The van der Waals surface area contributed by atoms with Crippen LogP contribution in [0.4, 0.5) is 4.79 Å². The zero-order chi connectivity index (χ0) is 13.1. The molecule has 1 aromatic carbocycles. The van der Waals surface area contributed by atoms with E-state index >= 15 is 0 Å². The van der Waals surface area contributed by atoms with Crippen LogP contribution in [0.2, 0.25) is 0 Å². The minimum atomic E-state index is -0.268. The van der Waals surface area contributed by atoms with E-state index < -0.39 is 0 Å². The molecule has 18 heavy (non-hydrogen) atoms. The molecule has 3 N–H and O–H groups in total. The zero-order valence-electron chi connectivity index (χ0n) is 10.7. The number of carbonyl (C=O) groups is 1. The number of aryl methyl sites for hydroxylation is 1. The highest BCUT2D eigenvalue weighted by Crippen LogP contribution is 2.20. The number of benzene rings is 1. The minimum Gasteiger partial charge on any atom is -0.350 e. The first kappa shape index (κ1) is 12.4. The van der Waals surface area contributed by atoms with Gasteiger partial charge in [-0.1, -0.05) is 18.2 Å². The number of hydrogen-bond acceptors (Lipinski definition) is 2. The molecule has 0 aliphatic rings. The van der Waals surface area contributed by atoms with Crippen molar-refractivity contribution in [1.82, 2.24) is 14.9 Å². The first-order valence-electron chi connectivity index (χ1n) is 5.88. The first-order valence-corrected chi connectivity index (χ1v) is 5.88. The standard InChI is InChI=1S/C13H18N4O/c1-16(13(18)15-14)8-7-10-9-17(2)12-6-4-3-5-11(10)12/h3-6,9H,7-8,14H2,1-2H3,(H,15,18). The molecule has 0 fully saturated rings. The Kier molecular flexibility index (Phi) is 3.53. The number of urea groups is 1. The fourth-order valence-electron chi connectivity index (χ4n) is 2.12. The molecule has 0 saturated heterocycles. The number of fused-ring (bicyclic) bond motifs is 1. The molecule has 0 spiro atoms. The van der Waals surface area contributed by atoms with E-state index in [2.05, 4.69) is 28.3 Å². The SMILES string of the molecule is CN(CCc1cn(C)c2ccccc12)C(=O)NN. The van der Waals surface area contributed by atoms with Crippen LogP contribution in [0.3, 0.4) is 0 Å². The summed E-state index contributed by atoms with van der Waals surface area (Å²) in [6.45, 7) is 0.636. The van der Waals surface area contributed by atoms with Crippen molar-refractivity contribution in [2.24, 2.45) is 12.9 Å². The number of rotatable bonds is 3. The number of nitrogens with zero attached hydrogens (tertiary/aromatic N) is 2. The van der Waals surface area contributed by atoms with Crippen LogP contribution in [0.15, 0.2) is 30.5 Å². The van der Waals surface area contributed by atoms with Crippen LogP contribution < -0.4 is 11.3 Å². The van der Waals surface area contributed by atoms with Crippen molar-refractivity contribution < 1.29 is 4.79 Å². The van der Waals surface area contributed by atoms with Gasteiger partial charge in [0.15, 0.2) is 0 Å². The Morgan fingerprint density at radius 2 is 2.17 bits per heavy atom. The van der Waals surface area contributed by atoms with Gasteiger partial charge in [-0.3, -0.25) is 5.43 Å². The van der Waals surface area contributed by atoms with Crippen molar-refractivity contribution in [2.45, 2.75) is 6.42 Å². The number of carbonyl (C=O) groups excluding carboxylic acids is 1. The zero-order valence-corrected chi connectivity index (χ0v) is 10.7. The quantitative estimate of drug-likeness (QED) is 0.486. The third-order valence-electron chi connectivity index (χ3n) is 3.17. The number of hydrogen-bond donors (Lipinski definition) is 2. The topological polar surface area (TPSA) is 63.3 Å². The van der Waals surface area contributed by atoms with Crippen LogP contribution in [0.5, 0.6) is 0 Å². The maximum atomic E-state index is 11.3. The monoisotopic (exact) mass is 246 g/mol. The van der Waals surface area contributed by atoms with Crippen molar-refractivity contribution in [3.8, 4) is 0 Å². The van der Waals surface area contributed by atoms with E-state index in [0.29, 0.717) is 6.54 Å². The third-order valence-corrected chi connectivity index (χ3v) is 3.17. The molecule has 0 unspecified atom stereocenters. The average molecular weight is 246 g/mol. The fourth-order valence-corrected chi connectivity index (χ4v) is 2.12. The summed E-state index contributed by atoms with van der Waals surface area (Å²) in [4.78, 5) is 12.9. The molecule has 96 valence electrons. The lowest BCUT2D eigenvalue weighted by Gasteiger charge is -2.15. The van der Waals surface area contributed by atoms with E-state index in [0.717, 1.165) is 6.42 Å². The van der Waals surface area contributed by atoms with Gasteiger partial charge in [-0.25, -0.2) is 10.6 Å². The van der Waals surface area contributed by atoms with Crippen molar-refractivity contribution in [2.75, 3.05) is 13.6 Å². The first-order chi connectivity index (χ1) is 8.63. The largest absolute Gasteiger partial charge is 0.350 e. The Balaban J connectivity index is 2.15. The van der Waals surface area contributed by atoms with Crippen LogP contribution in [0, 0.1) is 0 Å². The van der Waals surface area contributed by atoms with Gasteiger partial charge in [0.05, 0.1) is 0 Å². The van der Waals surface area contributed by atoms with Crippen LogP contribution in [0.25, 0.3) is 10.9 Å². The normalized spacial score (nSPS) is 10.6. The highest BCUT2D eigenvalue weighted by Gasteiger charge is 2.09. The number of likely N-dealkylation sites (N-methyl/N-ethyl adjacent to an activating group) is 1. The average Bonchev–Trinajstić information content (AvgIpc) is 2.72. The van der Waals surface area contributed by atoms with Crippen molar-refractivity contribution in [3.05, 3.63) is 36.0 Å². The van der Waals surface area contributed by atoms with E-state index in [4.69, 9.17) is 5.84 Å². The highest BCUT2D eigenvalue weighted by molar-refractivity contribution is 5.84. The summed E-state index contributed by atoms with van der Waals surface area (Å²) in [5, 5.41) is 1.24. The smallest absolute Gasteiger partial charge is 0.331 e. The summed E-state index contributed by atoms with van der Waals surface area (Å²) < 4.78 is 2.10. The van der Waals surface area contributed by atoms with E-state index in [1.807, 2.05) is 19.2 Å². The Morgan fingerprint density at radius 3 is 2.89 bits per heavy atom. The molecule has 2 rings (SSSR count). The number of para-hydroxylation sites is 1. The number of aromatic nitrogens is 1. The molecular formula is C13H18N4O. The van der Waals surface area contributed by atoms with E-state index in [-0.39, 0.29) is 6.03 Å². The summed E-state index contributed by atoms with van der Waals surface area (Å²) in [5.74, 6) is 5.09. The van der Waals surface area contributed by atoms with Gasteiger partial charge in [0.2, 0.25) is 0 Å². The molecule has 2 amide bonds. The van der Waals surface area contributed by atoms with Gasteiger partial charge >= 0.3 is 6.03 Å². The lowest BCUT2D eigenvalue weighted by atomic mass is 10.1. The summed E-state index contributed by atoms with van der Waals surface area (Å²) in [6.07, 6.45) is 2.92. The van der Waals surface area contributed by atoms with Gasteiger partial charge in [0.1, 0.15) is 0 Å². The van der Waals surface area contributed by atoms with Gasteiger partial charge in [-0.15, -0.1) is 0 Å². The van der Waals surface area contributed by atoms with Gasteiger partial charge in [0.25, 0.3) is 0 Å². The second-order valence-electron chi connectivity index (χ2n) is 4.40. The second kappa shape index (κ2) is 5.10. The Bertz CT molecular complexity index is 561. The van der Waals surface area contributed by atoms with E-state index in [1.54, 1.807) is 11.9 Å². The molecule has 0 aliphatic heterocycles. The highest BCUT2D eigenvalue weighted by atomic mass is 16.2. The van der Waals surface area contributed by atoms with Crippen molar-refractivity contribution >= 4 is 16.9 Å². The lowest BCUT2D eigenvalue weighted by molar-refractivity contribution is 0.209. The second-order valence-corrected chi connectivity index (χ2v) is 4.40. The fraction of sp³-hybridized carbons (Fsp3) is 0.308. The predicted molar refractivity (Wildman–Crippen MR) is 72.0 cm³/mol. The Morgan fingerprint density at radius 1 is 1.44 bits per heavy atom. The van der Waals surface area contributed by atoms with Crippen LogP contribution in [-0.2, 0) is 13.5 Å². The molecule has 0 bridgehead atoms. The van der Waals surface area contributed by atoms with Gasteiger partial charge in [0, 0.05) is 37.7 Å². The minimum absolute atomic E-state index is 0.268. The number of nitrogens with one attached hydrogen (secondary N) is 1. The Labute approximate surface area is 106 Å². The summed E-state index contributed by atoms with van der Waals surface area (Å²) in [7, 11) is 3.76. The molecule has 0 radical (unpaired) electrons. The maximum Gasteiger partial charge on any atom is 0.331 e. The molecule has 0 saturated carbocycles. The van der Waals surface area contributed by atoms with Crippen molar-refractivity contribution in [3.63, 3.8) is 0 Å². The van der Waals surface area contributed by atoms with Gasteiger partial charge in [-0.2, -0.15) is 0 Å². The van der Waals surface area contributed by atoms with Crippen LogP contribution in [-0.4, -0.2) is 29.1 Å². The molecule has 0 atom stereocenters. The maximum absolute atomic E-state index is 11.3. The summed E-state index contributed by atoms with van der Waals surface area (Å²) in [5.41, 5.74) is 4.57.